The van der Waals surface area contributed by atoms with Gasteiger partial charge in [0, 0.05) is 6.54 Å². The van der Waals surface area contributed by atoms with Crippen molar-refractivity contribution in [3.8, 4) is 0 Å². The normalized spacial score (nSPS) is 14.0. The number of carbonyl (C=O) groups excluding carboxylic acids is 1. The third-order valence-corrected chi connectivity index (χ3v) is 3.20. The zero-order valence-corrected chi connectivity index (χ0v) is 11.0. The summed E-state index contributed by atoms with van der Waals surface area (Å²) in [7, 11) is 0. The van der Waals surface area contributed by atoms with Crippen molar-refractivity contribution < 1.29 is 19.2 Å². The van der Waals surface area contributed by atoms with Crippen LogP contribution in [0.3, 0.4) is 0 Å². The van der Waals surface area contributed by atoms with Crippen molar-refractivity contribution in [2.75, 3.05) is 6.54 Å². The molecule has 6 nitrogen and oxygen atoms in total. The average molecular weight is 254 g/mol. The quantitative estimate of drug-likeness (QED) is 0.831. The molecule has 0 bridgehead atoms. The third kappa shape index (κ3) is 2.69. The van der Waals surface area contributed by atoms with Crippen molar-refractivity contribution in [3.63, 3.8) is 0 Å². The highest BCUT2D eigenvalue weighted by atomic mass is 16.5. The first-order chi connectivity index (χ1) is 8.31. The number of amides is 1. The Kier molecular flexibility index (Phi) is 4.11. The van der Waals surface area contributed by atoms with Crippen LogP contribution in [0.1, 0.15) is 42.1 Å². The third-order valence-electron chi connectivity index (χ3n) is 3.20. The van der Waals surface area contributed by atoms with Gasteiger partial charge in [-0.3, -0.25) is 9.59 Å². The van der Waals surface area contributed by atoms with E-state index in [9.17, 15) is 9.59 Å². The number of aliphatic carboxylic acids is 1. The smallest absolute Gasteiger partial charge is 0.311 e. The molecular formula is C12H18N2O4. The van der Waals surface area contributed by atoms with Crippen molar-refractivity contribution in [2.45, 2.75) is 34.1 Å². The number of aromatic nitrogens is 1. The molecule has 0 fully saturated rings. The number of hydrogen-bond donors (Lipinski definition) is 2. The summed E-state index contributed by atoms with van der Waals surface area (Å²) in [5, 5.41) is 15.4. The summed E-state index contributed by atoms with van der Waals surface area (Å²) in [6.07, 6.45) is 0.435. The topological polar surface area (TPSA) is 92.4 Å². The summed E-state index contributed by atoms with van der Waals surface area (Å²) in [6.45, 7) is 6.76. The lowest BCUT2D eigenvalue weighted by Crippen LogP contribution is -2.40. The van der Waals surface area contributed by atoms with Crippen molar-refractivity contribution in [2.24, 2.45) is 5.41 Å². The van der Waals surface area contributed by atoms with E-state index in [1.165, 1.54) is 0 Å². The molecule has 0 aliphatic carbocycles. The molecule has 0 aromatic carbocycles. The maximum Gasteiger partial charge on any atom is 0.311 e. The molecule has 0 saturated heterocycles. The Morgan fingerprint density at radius 2 is 2.06 bits per heavy atom. The first kappa shape index (κ1) is 14.2. The Morgan fingerprint density at radius 3 is 2.44 bits per heavy atom. The summed E-state index contributed by atoms with van der Waals surface area (Å²) < 4.78 is 4.89. The molecule has 6 heteroatoms. The molecule has 1 rings (SSSR count). The van der Waals surface area contributed by atoms with Crippen LogP contribution in [0, 0.1) is 19.3 Å². The van der Waals surface area contributed by atoms with Gasteiger partial charge in [0.1, 0.15) is 11.3 Å². The van der Waals surface area contributed by atoms with Gasteiger partial charge >= 0.3 is 5.97 Å². The number of nitrogens with zero attached hydrogens (tertiary/aromatic N) is 1. The molecule has 0 saturated carbocycles. The molecule has 1 heterocycles. The molecule has 0 aliphatic rings. The summed E-state index contributed by atoms with van der Waals surface area (Å²) in [5.74, 6) is -0.852. The van der Waals surface area contributed by atoms with Crippen LogP contribution in [0.15, 0.2) is 4.52 Å². The number of aryl methyl sites for hydroxylation is 2. The molecular weight excluding hydrogens is 236 g/mol. The number of carboxylic acids is 1. The summed E-state index contributed by atoms with van der Waals surface area (Å²) in [6, 6.07) is 0. The molecule has 1 amide bonds. The van der Waals surface area contributed by atoms with Crippen LogP contribution in [0.5, 0.6) is 0 Å². The van der Waals surface area contributed by atoms with Crippen LogP contribution in [-0.4, -0.2) is 28.7 Å². The predicted octanol–water partition coefficient (Wildman–Crippen LogP) is 1.52. The standard InChI is InChI=1S/C12H18N2O4/c1-5-12(4,11(16)17)6-13-10(15)9-7(2)14-18-8(9)3/h5-6H2,1-4H3,(H,13,15)(H,16,17). The van der Waals surface area contributed by atoms with Gasteiger partial charge in [0.25, 0.3) is 5.91 Å². The number of carbonyl (C=O) groups is 2. The molecule has 0 radical (unpaired) electrons. The molecule has 1 aromatic heterocycles. The first-order valence-corrected chi connectivity index (χ1v) is 5.76. The van der Waals surface area contributed by atoms with E-state index >= 15 is 0 Å². The lowest BCUT2D eigenvalue weighted by atomic mass is 9.87. The minimum Gasteiger partial charge on any atom is -0.481 e. The Balaban J connectivity index is 2.76. The number of rotatable bonds is 5. The largest absolute Gasteiger partial charge is 0.481 e. The minimum atomic E-state index is -0.964. The summed E-state index contributed by atoms with van der Waals surface area (Å²) >= 11 is 0. The Labute approximate surface area is 105 Å². The molecule has 2 N–H and O–H groups in total. The lowest BCUT2D eigenvalue weighted by molar-refractivity contribution is -0.147. The second kappa shape index (κ2) is 5.20. The van der Waals surface area contributed by atoms with Crippen molar-refractivity contribution >= 4 is 11.9 Å². The van der Waals surface area contributed by atoms with Crippen LogP contribution in [-0.2, 0) is 4.79 Å². The number of carboxylic acid groups (broad SMARTS) is 1. The minimum absolute atomic E-state index is 0.0712. The van der Waals surface area contributed by atoms with E-state index < -0.39 is 11.4 Å². The van der Waals surface area contributed by atoms with E-state index in [2.05, 4.69) is 10.5 Å². The second-order valence-electron chi connectivity index (χ2n) is 4.60. The number of nitrogens with one attached hydrogen (secondary N) is 1. The molecule has 1 unspecified atom stereocenters. The zero-order valence-electron chi connectivity index (χ0n) is 11.0. The summed E-state index contributed by atoms with van der Waals surface area (Å²) in [4.78, 5) is 23.0. The highest BCUT2D eigenvalue weighted by Gasteiger charge is 2.32. The highest BCUT2D eigenvalue weighted by Crippen LogP contribution is 2.20. The fourth-order valence-electron chi connectivity index (χ4n) is 1.52. The second-order valence-corrected chi connectivity index (χ2v) is 4.60. The Bertz CT molecular complexity index is 447. The van der Waals surface area contributed by atoms with Gasteiger partial charge in [-0.15, -0.1) is 0 Å². The van der Waals surface area contributed by atoms with Crippen LogP contribution in [0.25, 0.3) is 0 Å². The van der Waals surface area contributed by atoms with E-state index in [0.29, 0.717) is 23.4 Å². The summed E-state index contributed by atoms with van der Waals surface area (Å²) in [5.41, 5.74) is -0.0911. The van der Waals surface area contributed by atoms with Crippen LogP contribution in [0.4, 0.5) is 0 Å². The fraction of sp³-hybridized carbons (Fsp3) is 0.583. The van der Waals surface area contributed by atoms with Crippen molar-refractivity contribution in [3.05, 3.63) is 17.0 Å². The van der Waals surface area contributed by atoms with Gasteiger partial charge in [-0.05, 0) is 27.2 Å². The SMILES string of the molecule is CCC(C)(CNC(=O)c1c(C)noc1C)C(=O)O. The van der Waals surface area contributed by atoms with Gasteiger partial charge in [0.05, 0.1) is 11.1 Å². The Morgan fingerprint density at radius 1 is 1.44 bits per heavy atom. The van der Waals surface area contributed by atoms with Crippen LogP contribution < -0.4 is 5.32 Å². The predicted molar refractivity (Wildman–Crippen MR) is 64.3 cm³/mol. The van der Waals surface area contributed by atoms with E-state index in [4.69, 9.17) is 9.63 Å². The zero-order chi connectivity index (χ0) is 13.9. The maximum absolute atomic E-state index is 11.9. The van der Waals surface area contributed by atoms with Gasteiger partial charge in [-0.2, -0.15) is 0 Å². The lowest BCUT2D eigenvalue weighted by Gasteiger charge is -2.23. The monoisotopic (exact) mass is 254 g/mol. The van der Waals surface area contributed by atoms with Crippen LogP contribution >= 0.6 is 0 Å². The first-order valence-electron chi connectivity index (χ1n) is 5.76. The van der Waals surface area contributed by atoms with Gasteiger partial charge in [-0.25, -0.2) is 0 Å². The number of hydrogen-bond acceptors (Lipinski definition) is 4. The van der Waals surface area contributed by atoms with Crippen molar-refractivity contribution in [1.82, 2.24) is 10.5 Å². The molecule has 1 aromatic rings. The molecule has 1 atom stereocenters. The van der Waals surface area contributed by atoms with Gasteiger partial charge in [-0.1, -0.05) is 12.1 Å². The Hall–Kier alpha value is -1.85. The fourth-order valence-corrected chi connectivity index (χ4v) is 1.52. The van der Waals surface area contributed by atoms with E-state index in [1.54, 1.807) is 27.7 Å². The van der Waals surface area contributed by atoms with Gasteiger partial charge in [0.2, 0.25) is 0 Å². The average Bonchev–Trinajstić information content (AvgIpc) is 2.65. The maximum atomic E-state index is 11.9. The molecule has 0 spiro atoms. The van der Waals surface area contributed by atoms with E-state index in [-0.39, 0.29) is 12.5 Å². The molecule has 100 valence electrons. The highest BCUT2D eigenvalue weighted by molar-refractivity contribution is 5.96. The molecule has 18 heavy (non-hydrogen) atoms. The van der Waals surface area contributed by atoms with E-state index in [0.717, 1.165) is 0 Å². The van der Waals surface area contributed by atoms with Gasteiger partial charge < -0.3 is 14.9 Å². The molecule has 0 aliphatic heterocycles. The van der Waals surface area contributed by atoms with Crippen molar-refractivity contribution in [1.29, 1.82) is 0 Å². The van der Waals surface area contributed by atoms with Crippen LogP contribution in [0.2, 0.25) is 0 Å². The van der Waals surface area contributed by atoms with E-state index in [1.807, 2.05) is 0 Å². The van der Waals surface area contributed by atoms with Gasteiger partial charge in [0.15, 0.2) is 0 Å².